The molecule has 0 saturated heterocycles. The van der Waals surface area contributed by atoms with E-state index < -0.39 is 6.10 Å². The van der Waals surface area contributed by atoms with Crippen molar-refractivity contribution in [2.24, 2.45) is 0 Å². The molecule has 3 heteroatoms. The van der Waals surface area contributed by atoms with Crippen molar-refractivity contribution in [3.05, 3.63) is 35.6 Å². The number of rotatable bonds is 5. The molecule has 2 unspecified atom stereocenters. The van der Waals surface area contributed by atoms with Crippen LogP contribution in [0.25, 0.3) is 0 Å². The molecule has 1 aliphatic rings. The molecule has 2 rings (SSSR count). The fourth-order valence-electron chi connectivity index (χ4n) is 1.88. The van der Waals surface area contributed by atoms with Crippen molar-refractivity contribution in [3.8, 4) is 0 Å². The third-order valence-corrected chi connectivity index (χ3v) is 3.06. The van der Waals surface area contributed by atoms with Gasteiger partial charge in [-0.15, -0.1) is 0 Å². The van der Waals surface area contributed by atoms with Crippen LogP contribution in [0.4, 0.5) is 4.39 Å². The van der Waals surface area contributed by atoms with Crippen LogP contribution in [0, 0.1) is 5.82 Å². The summed E-state index contributed by atoms with van der Waals surface area (Å²) in [5.74, 6) is -0.265. The minimum absolute atomic E-state index is 0.0676. The van der Waals surface area contributed by atoms with Crippen LogP contribution in [0.2, 0.25) is 0 Å². The Balaban J connectivity index is 2.02. The number of nitrogens with one attached hydrogen (secondary N) is 1. The summed E-state index contributed by atoms with van der Waals surface area (Å²) < 4.78 is 12.8. The van der Waals surface area contributed by atoms with E-state index in [-0.39, 0.29) is 11.9 Å². The number of aliphatic hydroxyl groups is 1. The van der Waals surface area contributed by atoms with Crippen molar-refractivity contribution < 1.29 is 9.50 Å². The van der Waals surface area contributed by atoms with Crippen LogP contribution < -0.4 is 5.32 Å². The van der Waals surface area contributed by atoms with E-state index in [4.69, 9.17) is 0 Å². The van der Waals surface area contributed by atoms with Gasteiger partial charge in [-0.1, -0.05) is 19.1 Å². The zero-order valence-electron chi connectivity index (χ0n) is 9.49. The Kier molecular flexibility index (Phi) is 3.56. The van der Waals surface area contributed by atoms with Gasteiger partial charge in [-0.2, -0.15) is 0 Å². The topological polar surface area (TPSA) is 32.3 Å². The lowest BCUT2D eigenvalue weighted by Gasteiger charge is -2.23. The first kappa shape index (κ1) is 11.6. The average Bonchev–Trinajstić information content (AvgIpc) is 3.10. The van der Waals surface area contributed by atoms with Crippen LogP contribution in [0.15, 0.2) is 24.3 Å². The van der Waals surface area contributed by atoms with Gasteiger partial charge in [0.05, 0.1) is 6.10 Å². The molecule has 1 saturated carbocycles. The van der Waals surface area contributed by atoms with E-state index in [1.165, 1.54) is 25.0 Å². The summed E-state index contributed by atoms with van der Waals surface area (Å²) in [7, 11) is 0. The lowest BCUT2D eigenvalue weighted by Crippen LogP contribution is -2.35. The van der Waals surface area contributed by atoms with Gasteiger partial charge in [-0.3, -0.25) is 0 Å². The van der Waals surface area contributed by atoms with Gasteiger partial charge in [-0.25, -0.2) is 4.39 Å². The van der Waals surface area contributed by atoms with Gasteiger partial charge in [0, 0.05) is 12.1 Å². The lowest BCUT2D eigenvalue weighted by molar-refractivity contribution is 0.125. The summed E-state index contributed by atoms with van der Waals surface area (Å²) in [5.41, 5.74) is 0.779. The smallest absolute Gasteiger partial charge is 0.123 e. The quantitative estimate of drug-likeness (QED) is 0.803. The van der Waals surface area contributed by atoms with Crippen LogP contribution in [0.3, 0.4) is 0 Å². The molecule has 0 bridgehead atoms. The van der Waals surface area contributed by atoms with Crippen LogP contribution in [0.1, 0.15) is 37.9 Å². The average molecular weight is 223 g/mol. The highest BCUT2D eigenvalue weighted by Gasteiger charge is 2.27. The largest absolute Gasteiger partial charge is 0.387 e. The van der Waals surface area contributed by atoms with E-state index in [0.717, 1.165) is 12.0 Å². The van der Waals surface area contributed by atoms with Gasteiger partial charge < -0.3 is 10.4 Å². The highest BCUT2D eigenvalue weighted by Crippen LogP contribution is 2.25. The van der Waals surface area contributed by atoms with Crippen molar-refractivity contribution in [1.82, 2.24) is 5.32 Å². The summed E-state index contributed by atoms with van der Waals surface area (Å²) in [4.78, 5) is 0. The molecular formula is C13H18FNO. The van der Waals surface area contributed by atoms with Gasteiger partial charge in [0.1, 0.15) is 5.82 Å². The molecule has 1 aromatic rings. The predicted octanol–water partition coefficient (Wildman–Crippen LogP) is 2.39. The number of benzene rings is 1. The Labute approximate surface area is 95.5 Å². The van der Waals surface area contributed by atoms with Gasteiger partial charge in [0.25, 0.3) is 0 Å². The Morgan fingerprint density at radius 1 is 1.38 bits per heavy atom. The normalized spacial score (nSPS) is 19.4. The molecule has 1 fully saturated rings. The predicted molar refractivity (Wildman–Crippen MR) is 61.6 cm³/mol. The summed E-state index contributed by atoms with van der Waals surface area (Å²) in [6.07, 6.45) is 2.72. The molecular weight excluding hydrogens is 205 g/mol. The maximum absolute atomic E-state index is 12.8. The standard InChI is InChI=1S/C13H18FNO/c1-2-12(15-11-7-8-11)13(16)9-3-5-10(14)6-4-9/h3-6,11-13,15-16H,2,7-8H2,1H3. The Morgan fingerprint density at radius 2 is 2.00 bits per heavy atom. The third kappa shape index (κ3) is 2.80. The van der Waals surface area contributed by atoms with E-state index in [2.05, 4.69) is 5.32 Å². The van der Waals surface area contributed by atoms with Gasteiger partial charge >= 0.3 is 0 Å². The molecule has 2 N–H and O–H groups in total. The van der Waals surface area contributed by atoms with Gasteiger partial charge in [0.2, 0.25) is 0 Å². The molecule has 1 aliphatic carbocycles. The second kappa shape index (κ2) is 4.93. The molecule has 2 atom stereocenters. The minimum Gasteiger partial charge on any atom is -0.387 e. The van der Waals surface area contributed by atoms with E-state index in [9.17, 15) is 9.50 Å². The van der Waals surface area contributed by atoms with E-state index >= 15 is 0 Å². The highest BCUT2D eigenvalue weighted by atomic mass is 19.1. The number of hydrogen-bond acceptors (Lipinski definition) is 2. The molecule has 0 aromatic heterocycles. The lowest BCUT2D eigenvalue weighted by atomic mass is 10.0. The number of aliphatic hydroxyl groups excluding tert-OH is 1. The summed E-state index contributed by atoms with van der Waals surface area (Å²) in [5, 5.41) is 13.6. The first-order chi connectivity index (χ1) is 7.70. The van der Waals surface area contributed by atoms with Crippen LogP contribution in [-0.2, 0) is 0 Å². The zero-order chi connectivity index (χ0) is 11.5. The SMILES string of the molecule is CCC(NC1CC1)C(O)c1ccc(F)cc1. The molecule has 1 aromatic carbocycles. The molecule has 0 radical (unpaired) electrons. The maximum atomic E-state index is 12.8. The molecule has 0 heterocycles. The minimum atomic E-state index is -0.550. The van der Waals surface area contributed by atoms with Gasteiger partial charge in [0.15, 0.2) is 0 Å². The molecule has 2 nitrogen and oxygen atoms in total. The fourth-order valence-corrected chi connectivity index (χ4v) is 1.88. The molecule has 88 valence electrons. The van der Waals surface area contributed by atoms with Crippen molar-refractivity contribution in [3.63, 3.8) is 0 Å². The van der Waals surface area contributed by atoms with E-state index in [1.807, 2.05) is 6.92 Å². The first-order valence-corrected chi connectivity index (χ1v) is 5.90. The van der Waals surface area contributed by atoms with Gasteiger partial charge in [-0.05, 0) is 37.0 Å². The van der Waals surface area contributed by atoms with Crippen molar-refractivity contribution in [2.75, 3.05) is 0 Å². The van der Waals surface area contributed by atoms with E-state index in [1.54, 1.807) is 12.1 Å². The maximum Gasteiger partial charge on any atom is 0.123 e. The summed E-state index contributed by atoms with van der Waals surface area (Å²) in [6.45, 7) is 2.05. The van der Waals surface area contributed by atoms with Crippen LogP contribution >= 0.6 is 0 Å². The first-order valence-electron chi connectivity index (χ1n) is 5.90. The monoisotopic (exact) mass is 223 g/mol. The molecule has 0 amide bonds. The van der Waals surface area contributed by atoms with E-state index in [0.29, 0.717) is 6.04 Å². The molecule has 16 heavy (non-hydrogen) atoms. The Morgan fingerprint density at radius 3 is 2.50 bits per heavy atom. The molecule has 0 aliphatic heterocycles. The summed E-state index contributed by atoms with van der Waals surface area (Å²) in [6, 6.07) is 6.72. The second-order valence-corrected chi connectivity index (χ2v) is 4.45. The second-order valence-electron chi connectivity index (χ2n) is 4.45. The van der Waals surface area contributed by atoms with Crippen molar-refractivity contribution >= 4 is 0 Å². The highest BCUT2D eigenvalue weighted by molar-refractivity contribution is 5.20. The Bertz CT molecular complexity index is 334. The third-order valence-electron chi connectivity index (χ3n) is 3.06. The van der Waals surface area contributed by atoms with Crippen LogP contribution in [-0.4, -0.2) is 17.2 Å². The zero-order valence-corrected chi connectivity index (χ0v) is 9.49. The van der Waals surface area contributed by atoms with Crippen molar-refractivity contribution in [2.45, 2.75) is 44.4 Å². The van der Waals surface area contributed by atoms with Crippen molar-refractivity contribution in [1.29, 1.82) is 0 Å². The van der Waals surface area contributed by atoms with Crippen LogP contribution in [0.5, 0.6) is 0 Å². The number of hydrogen-bond donors (Lipinski definition) is 2. The molecule has 0 spiro atoms. The summed E-state index contributed by atoms with van der Waals surface area (Å²) >= 11 is 0. The Hall–Kier alpha value is -0.930. The number of halogens is 1. The fraction of sp³-hybridized carbons (Fsp3) is 0.538.